The fourth-order valence-corrected chi connectivity index (χ4v) is 4.30. The van der Waals surface area contributed by atoms with Gasteiger partial charge in [0.25, 0.3) is 5.91 Å². The number of hydrogen-bond acceptors (Lipinski definition) is 5. The van der Waals surface area contributed by atoms with Crippen molar-refractivity contribution in [1.82, 2.24) is 20.2 Å². The van der Waals surface area contributed by atoms with Crippen molar-refractivity contribution in [3.8, 4) is 23.1 Å². The predicted octanol–water partition coefficient (Wildman–Crippen LogP) is 3.24. The summed E-state index contributed by atoms with van der Waals surface area (Å²) in [4.78, 5) is 22.8. The van der Waals surface area contributed by atoms with Gasteiger partial charge in [0.05, 0.1) is 42.3 Å². The van der Waals surface area contributed by atoms with Gasteiger partial charge in [-0.2, -0.15) is 0 Å². The summed E-state index contributed by atoms with van der Waals surface area (Å²) >= 11 is 0. The first-order valence-corrected chi connectivity index (χ1v) is 11.4. The molecule has 1 aromatic carbocycles. The van der Waals surface area contributed by atoms with E-state index < -0.39 is 0 Å². The number of fused-ring (bicyclic) bond motifs is 1. The molecule has 0 radical (unpaired) electrons. The highest BCUT2D eigenvalue weighted by atomic mass is 19.1. The van der Waals surface area contributed by atoms with Gasteiger partial charge in [0.15, 0.2) is 0 Å². The second kappa shape index (κ2) is 9.67. The van der Waals surface area contributed by atoms with Crippen LogP contribution in [0, 0.1) is 24.6 Å². The lowest BCUT2D eigenvalue weighted by Crippen LogP contribution is -2.36. The molecule has 0 aliphatic carbocycles. The van der Waals surface area contributed by atoms with Gasteiger partial charge < -0.3 is 20.4 Å². The topological polar surface area (TPSA) is 82.3 Å². The number of H-pyrrole nitrogens is 1. The lowest BCUT2D eigenvalue weighted by Gasteiger charge is -2.24. The standard InChI is InChI=1S/C26H26FN5O2/c1-17-20(27)5-2-6-21(17)30-25-23-22(8-10-29-26(23)33)31-24(25)19-7-9-28-16-18(19)4-3-11-32-12-14-34-15-13-32/h2,5-7,9,16,30-31H,8,10-15H2,1H3,(H,29,33). The van der Waals surface area contributed by atoms with Crippen LogP contribution >= 0.6 is 0 Å². The molecule has 2 aliphatic heterocycles. The van der Waals surface area contributed by atoms with E-state index in [2.05, 4.69) is 37.3 Å². The third-order valence-electron chi connectivity index (χ3n) is 6.21. The van der Waals surface area contributed by atoms with Crippen LogP contribution in [0.15, 0.2) is 36.7 Å². The van der Waals surface area contributed by atoms with Crippen LogP contribution in [0.25, 0.3) is 11.3 Å². The molecule has 2 aromatic heterocycles. The van der Waals surface area contributed by atoms with Gasteiger partial charge >= 0.3 is 0 Å². The summed E-state index contributed by atoms with van der Waals surface area (Å²) in [7, 11) is 0. The van der Waals surface area contributed by atoms with Crippen molar-refractivity contribution in [2.45, 2.75) is 13.3 Å². The molecule has 34 heavy (non-hydrogen) atoms. The lowest BCUT2D eigenvalue weighted by molar-refractivity contribution is 0.0443. The molecule has 7 nitrogen and oxygen atoms in total. The maximum Gasteiger partial charge on any atom is 0.255 e. The summed E-state index contributed by atoms with van der Waals surface area (Å²) in [6.07, 6.45) is 4.12. The van der Waals surface area contributed by atoms with Crippen LogP contribution in [0.2, 0.25) is 0 Å². The summed E-state index contributed by atoms with van der Waals surface area (Å²) in [6.45, 7) is 6.12. The number of carbonyl (C=O) groups excluding carboxylic acids is 1. The fourth-order valence-electron chi connectivity index (χ4n) is 4.30. The minimum Gasteiger partial charge on any atom is -0.379 e. The molecule has 174 valence electrons. The first kappa shape index (κ1) is 22.1. The summed E-state index contributed by atoms with van der Waals surface area (Å²) in [5.74, 6) is 6.05. The number of halogens is 1. The Kier molecular flexibility index (Phi) is 6.30. The second-order valence-electron chi connectivity index (χ2n) is 8.38. The van der Waals surface area contributed by atoms with Crippen LogP contribution in [-0.2, 0) is 11.2 Å². The molecule has 1 saturated heterocycles. The van der Waals surface area contributed by atoms with Gasteiger partial charge in [0.2, 0.25) is 0 Å². The highest BCUT2D eigenvalue weighted by molar-refractivity contribution is 6.06. The maximum atomic E-state index is 14.2. The summed E-state index contributed by atoms with van der Waals surface area (Å²) in [6, 6.07) is 6.76. The van der Waals surface area contributed by atoms with Gasteiger partial charge in [0, 0.05) is 61.0 Å². The molecular formula is C26H26FN5O2. The van der Waals surface area contributed by atoms with Gasteiger partial charge in [-0.1, -0.05) is 17.9 Å². The molecule has 0 unspecified atom stereocenters. The number of benzene rings is 1. The first-order valence-electron chi connectivity index (χ1n) is 11.4. The Hall–Kier alpha value is -3.67. The Morgan fingerprint density at radius 3 is 2.97 bits per heavy atom. The molecule has 3 aromatic rings. The minimum atomic E-state index is -0.306. The zero-order valence-corrected chi connectivity index (χ0v) is 19.0. The van der Waals surface area contributed by atoms with E-state index in [9.17, 15) is 9.18 Å². The van der Waals surface area contributed by atoms with E-state index in [-0.39, 0.29) is 11.7 Å². The normalized spacial score (nSPS) is 15.8. The van der Waals surface area contributed by atoms with Crippen LogP contribution in [0.1, 0.15) is 27.2 Å². The lowest BCUT2D eigenvalue weighted by atomic mass is 10.0. The van der Waals surface area contributed by atoms with E-state index in [1.54, 1.807) is 31.5 Å². The number of aromatic nitrogens is 2. The van der Waals surface area contributed by atoms with E-state index in [1.807, 2.05) is 6.07 Å². The van der Waals surface area contributed by atoms with Crippen molar-refractivity contribution < 1.29 is 13.9 Å². The number of pyridine rings is 1. The minimum absolute atomic E-state index is 0.158. The first-order chi connectivity index (χ1) is 16.6. The van der Waals surface area contributed by atoms with Crippen LogP contribution in [0.5, 0.6) is 0 Å². The molecule has 8 heteroatoms. The van der Waals surface area contributed by atoms with Gasteiger partial charge in [-0.15, -0.1) is 0 Å². The van der Waals surface area contributed by atoms with Crippen molar-refractivity contribution >= 4 is 17.3 Å². The number of anilines is 2. The summed E-state index contributed by atoms with van der Waals surface area (Å²) in [5, 5.41) is 6.24. The SMILES string of the molecule is Cc1c(F)cccc1Nc1c(-c2ccncc2C#CCN2CCOCC2)[nH]c2c1C(=O)NCC2. The third-order valence-corrected chi connectivity index (χ3v) is 6.21. The Bertz CT molecular complexity index is 1280. The van der Waals surface area contributed by atoms with Crippen molar-refractivity contribution in [2.75, 3.05) is 44.7 Å². The largest absolute Gasteiger partial charge is 0.379 e. The maximum absolute atomic E-state index is 14.2. The molecule has 0 spiro atoms. The smallest absolute Gasteiger partial charge is 0.255 e. The average Bonchev–Trinajstić information content (AvgIpc) is 3.22. The average molecular weight is 460 g/mol. The highest BCUT2D eigenvalue weighted by Gasteiger charge is 2.28. The Morgan fingerprint density at radius 1 is 1.26 bits per heavy atom. The van der Waals surface area contributed by atoms with E-state index in [0.717, 1.165) is 48.8 Å². The van der Waals surface area contributed by atoms with Crippen LogP contribution in [0.3, 0.4) is 0 Å². The molecule has 0 bridgehead atoms. The zero-order valence-electron chi connectivity index (χ0n) is 19.0. The highest BCUT2D eigenvalue weighted by Crippen LogP contribution is 2.38. The molecule has 1 amide bonds. The fraction of sp³-hybridized carbons (Fsp3) is 0.308. The monoisotopic (exact) mass is 459 g/mol. The molecule has 5 rings (SSSR count). The van der Waals surface area contributed by atoms with Crippen molar-refractivity contribution in [1.29, 1.82) is 0 Å². The van der Waals surface area contributed by atoms with Crippen LogP contribution in [0.4, 0.5) is 15.8 Å². The molecule has 2 aliphatic rings. The number of nitrogens with one attached hydrogen (secondary N) is 3. The van der Waals surface area contributed by atoms with E-state index in [0.29, 0.717) is 42.0 Å². The van der Waals surface area contributed by atoms with Crippen LogP contribution < -0.4 is 10.6 Å². The van der Waals surface area contributed by atoms with Gasteiger partial charge in [-0.05, 0) is 25.1 Å². The van der Waals surface area contributed by atoms with Gasteiger partial charge in [-0.25, -0.2) is 4.39 Å². The molecular weight excluding hydrogens is 433 g/mol. The molecule has 3 N–H and O–H groups in total. The molecule has 0 saturated carbocycles. The van der Waals surface area contributed by atoms with E-state index >= 15 is 0 Å². The number of ether oxygens (including phenoxy) is 1. The number of amides is 1. The molecule has 4 heterocycles. The Morgan fingerprint density at radius 2 is 2.12 bits per heavy atom. The number of rotatable bonds is 4. The Labute approximate surface area is 197 Å². The van der Waals surface area contributed by atoms with Gasteiger partial charge in [0.1, 0.15) is 5.82 Å². The van der Waals surface area contributed by atoms with E-state index in [4.69, 9.17) is 4.74 Å². The van der Waals surface area contributed by atoms with Crippen molar-refractivity contribution in [3.05, 3.63) is 64.9 Å². The van der Waals surface area contributed by atoms with Gasteiger partial charge in [-0.3, -0.25) is 14.7 Å². The number of morpholine rings is 1. The number of hydrogen-bond donors (Lipinski definition) is 3. The zero-order chi connectivity index (χ0) is 23.5. The van der Waals surface area contributed by atoms with Crippen molar-refractivity contribution in [3.63, 3.8) is 0 Å². The predicted molar refractivity (Wildman–Crippen MR) is 129 cm³/mol. The number of aromatic amines is 1. The van der Waals surface area contributed by atoms with Crippen molar-refractivity contribution in [2.24, 2.45) is 0 Å². The number of carbonyl (C=O) groups is 1. The molecule has 0 atom stereocenters. The molecule has 1 fully saturated rings. The van der Waals surface area contributed by atoms with Crippen LogP contribution in [-0.4, -0.2) is 60.2 Å². The summed E-state index contributed by atoms with van der Waals surface area (Å²) < 4.78 is 19.6. The third kappa shape index (κ3) is 4.40. The second-order valence-corrected chi connectivity index (χ2v) is 8.38. The van der Waals surface area contributed by atoms with E-state index in [1.165, 1.54) is 6.07 Å². The number of nitrogens with zero attached hydrogens (tertiary/aromatic N) is 2. The summed E-state index contributed by atoms with van der Waals surface area (Å²) in [5.41, 5.74) is 5.44. The quantitative estimate of drug-likeness (QED) is 0.522. The Balaban J connectivity index is 1.56.